The van der Waals surface area contributed by atoms with Gasteiger partial charge < -0.3 is 10.6 Å². The minimum atomic E-state index is -4.66. The monoisotopic (exact) mass is 419 g/mol. The fourth-order valence-electron chi connectivity index (χ4n) is 3.73. The summed E-state index contributed by atoms with van der Waals surface area (Å²) in [6.45, 7) is 0.0871. The minimum absolute atomic E-state index is 0.0832. The number of hydrogen-bond acceptors (Lipinski definition) is 3. The van der Waals surface area contributed by atoms with Gasteiger partial charge in [0.15, 0.2) is 5.41 Å². The maximum Gasteiger partial charge on any atom is 0.404 e. The number of nitrogens with one attached hydrogen (secondary N) is 2. The molecule has 0 saturated carbocycles. The predicted molar refractivity (Wildman–Crippen MR) is 107 cm³/mol. The predicted octanol–water partition coefficient (Wildman–Crippen LogP) is 3.12. The Morgan fingerprint density at radius 1 is 1.07 bits per heavy atom. The van der Waals surface area contributed by atoms with E-state index in [4.69, 9.17) is 0 Å². The summed E-state index contributed by atoms with van der Waals surface area (Å²) < 4.78 is 41.9. The van der Waals surface area contributed by atoms with Crippen LogP contribution in [-0.2, 0) is 17.9 Å². The first kappa shape index (κ1) is 21.8. The second kappa shape index (κ2) is 8.87. The molecule has 2 aromatic carbocycles. The van der Waals surface area contributed by atoms with Crippen LogP contribution < -0.4 is 10.6 Å². The van der Waals surface area contributed by atoms with Gasteiger partial charge in [-0.3, -0.25) is 14.5 Å². The van der Waals surface area contributed by atoms with Gasteiger partial charge in [-0.05, 0) is 36.2 Å². The zero-order valence-electron chi connectivity index (χ0n) is 16.6. The average molecular weight is 419 g/mol. The molecule has 5 nitrogen and oxygen atoms in total. The lowest BCUT2D eigenvalue weighted by molar-refractivity contribution is -0.218. The molecule has 30 heavy (non-hydrogen) atoms. The van der Waals surface area contributed by atoms with Crippen LogP contribution >= 0.6 is 0 Å². The Hall–Kier alpha value is -2.87. The third-order valence-corrected chi connectivity index (χ3v) is 5.44. The van der Waals surface area contributed by atoms with Crippen LogP contribution in [0.25, 0.3) is 0 Å². The van der Waals surface area contributed by atoms with E-state index in [-0.39, 0.29) is 32.0 Å². The summed E-state index contributed by atoms with van der Waals surface area (Å²) in [4.78, 5) is 26.1. The summed E-state index contributed by atoms with van der Waals surface area (Å²) in [5.74, 6) is -1.34. The van der Waals surface area contributed by atoms with E-state index in [2.05, 4.69) is 10.6 Å². The van der Waals surface area contributed by atoms with Crippen molar-refractivity contribution >= 4 is 11.8 Å². The molecule has 1 unspecified atom stereocenters. The molecular weight excluding hydrogens is 395 g/mol. The lowest BCUT2D eigenvalue weighted by Gasteiger charge is -2.30. The number of likely N-dealkylation sites (tertiary alicyclic amines) is 1. The van der Waals surface area contributed by atoms with Crippen molar-refractivity contribution in [2.75, 3.05) is 20.1 Å². The Labute approximate surface area is 173 Å². The highest BCUT2D eigenvalue weighted by molar-refractivity contribution is 5.94. The molecule has 160 valence electrons. The first-order valence-electron chi connectivity index (χ1n) is 9.67. The molecule has 0 spiro atoms. The van der Waals surface area contributed by atoms with Gasteiger partial charge in [0.05, 0.1) is 0 Å². The molecule has 3 rings (SSSR count). The number of alkyl halides is 3. The zero-order valence-corrected chi connectivity index (χ0v) is 16.6. The Morgan fingerprint density at radius 2 is 1.77 bits per heavy atom. The maximum atomic E-state index is 14.0. The van der Waals surface area contributed by atoms with Crippen molar-refractivity contribution in [2.45, 2.75) is 25.7 Å². The molecule has 2 N–H and O–H groups in total. The van der Waals surface area contributed by atoms with Crippen LogP contribution in [0.3, 0.4) is 0 Å². The lowest BCUT2D eigenvalue weighted by Crippen LogP contribution is -2.52. The molecule has 1 fully saturated rings. The van der Waals surface area contributed by atoms with Crippen molar-refractivity contribution in [1.82, 2.24) is 15.5 Å². The van der Waals surface area contributed by atoms with Crippen LogP contribution in [0.1, 0.15) is 27.9 Å². The topological polar surface area (TPSA) is 61.4 Å². The zero-order chi connectivity index (χ0) is 21.8. The van der Waals surface area contributed by atoms with Crippen molar-refractivity contribution in [3.63, 3.8) is 0 Å². The van der Waals surface area contributed by atoms with Crippen molar-refractivity contribution in [3.05, 3.63) is 71.3 Å². The molecule has 8 heteroatoms. The van der Waals surface area contributed by atoms with E-state index in [9.17, 15) is 22.8 Å². The van der Waals surface area contributed by atoms with Crippen molar-refractivity contribution in [3.8, 4) is 0 Å². The summed E-state index contributed by atoms with van der Waals surface area (Å²) in [7, 11) is 1.49. The summed E-state index contributed by atoms with van der Waals surface area (Å²) in [6.07, 6.45) is -4.94. The highest BCUT2D eigenvalue weighted by Gasteiger charge is 2.62. The molecule has 1 atom stereocenters. The van der Waals surface area contributed by atoms with Gasteiger partial charge in [0.1, 0.15) is 0 Å². The third-order valence-electron chi connectivity index (χ3n) is 5.44. The number of rotatable bonds is 6. The number of halogens is 3. The molecule has 1 saturated heterocycles. The maximum absolute atomic E-state index is 14.0. The fourth-order valence-corrected chi connectivity index (χ4v) is 3.73. The number of hydrogen-bond donors (Lipinski definition) is 2. The van der Waals surface area contributed by atoms with Crippen LogP contribution in [-0.4, -0.2) is 43.0 Å². The van der Waals surface area contributed by atoms with E-state index in [0.717, 1.165) is 5.56 Å². The number of carbonyl (C=O) groups is 2. The number of carbonyl (C=O) groups excluding carboxylic acids is 2. The first-order valence-corrected chi connectivity index (χ1v) is 9.67. The van der Waals surface area contributed by atoms with Crippen LogP contribution in [0.4, 0.5) is 13.2 Å². The van der Waals surface area contributed by atoms with Gasteiger partial charge in [-0.25, -0.2) is 0 Å². The second-order valence-corrected chi connectivity index (χ2v) is 7.49. The van der Waals surface area contributed by atoms with Crippen LogP contribution in [0, 0.1) is 5.41 Å². The van der Waals surface area contributed by atoms with Crippen molar-refractivity contribution < 1.29 is 22.8 Å². The number of amides is 2. The standard InChI is InChI=1S/C22H24F3N3O2/c1-26-19(29)18-9-5-8-17(12-18)13-27-20(30)21(22(23,24)25)10-11-28(15-21)14-16-6-3-2-4-7-16/h2-9,12H,10-11,13-15H2,1H3,(H,26,29)(H,27,30). The van der Waals surface area contributed by atoms with Crippen molar-refractivity contribution in [2.24, 2.45) is 5.41 Å². The molecule has 0 aromatic heterocycles. The molecule has 1 aliphatic heterocycles. The van der Waals surface area contributed by atoms with Gasteiger partial charge in [0, 0.05) is 32.2 Å². The second-order valence-electron chi connectivity index (χ2n) is 7.49. The Bertz CT molecular complexity index is 902. The highest BCUT2D eigenvalue weighted by atomic mass is 19.4. The van der Waals surface area contributed by atoms with E-state index in [1.807, 2.05) is 30.3 Å². The van der Waals surface area contributed by atoms with Gasteiger partial charge in [-0.15, -0.1) is 0 Å². The van der Waals surface area contributed by atoms with Gasteiger partial charge in [0.2, 0.25) is 5.91 Å². The van der Waals surface area contributed by atoms with Gasteiger partial charge in [-0.1, -0.05) is 42.5 Å². The van der Waals surface area contributed by atoms with E-state index in [1.165, 1.54) is 7.05 Å². The smallest absolute Gasteiger partial charge is 0.355 e. The highest BCUT2D eigenvalue weighted by Crippen LogP contribution is 2.46. The van der Waals surface area contributed by atoms with Crippen LogP contribution in [0.2, 0.25) is 0 Å². The Kier molecular flexibility index (Phi) is 6.45. The van der Waals surface area contributed by atoms with Gasteiger partial charge >= 0.3 is 6.18 Å². The van der Waals surface area contributed by atoms with Crippen LogP contribution in [0.15, 0.2) is 54.6 Å². The summed E-state index contributed by atoms with van der Waals surface area (Å²) in [5.41, 5.74) is -0.604. The first-order chi connectivity index (χ1) is 14.2. The van der Waals surface area contributed by atoms with E-state index in [1.54, 1.807) is 29.2 Å². The largest absolute Gasteiger partial charge is 0.404 e. The molecule has 2 aromatic rings. The SMILES string of the molecule is CNC(=O)c1cccc(CNC(=O)C2(C(F)(F)F)CCN(Cc3ccccc3)C2)c1. The minimum Gasteiger partial charge on any atom is -0.355 e. The number of benzene rings is 2. The van der Waals surface area contributed by atoms with E-state index >= 15 is 0 Å². The number of nitrogens with zero attached hydrogens (tertiary/aromatic N) is 1. The Morgan fingerprint density at radius 3 is 2.43 bits per heavy atom. The fraction of sp³-hybridized carbons (Fsp3) is 0.364. The lowest BCUT2D eigenvalue weighted by atomic mass is 9.85. The molecule has 0 radical (unpaired) electrons. The summed E-state index contributed by atoms with van der Waals surface area (Å²) in [5, 5.41) is 4.93. The molecule has 2 amide bonds. The molecule has 1 aliphatic rings. The molecule has 0 bridgehead atoms. The molecule has 1 heterocycles. The van der Waals surface area contributed by atoms with E-state index in [0.29, 0.717) is 17.7 Å². The molecular formula is C22H24F3N3O2. The van der Waals surface area contributed by atoms with Crippen LogP contribution in [0.5, 0.6) is 0 Å². The third kappa shape index (κ3) is 4.64. The summed E-state index contributed by atoms with van der Waals surface area (Å²) in [6, 6.07) is 15.7. The van der Waals surface area contributed by atoms with Gasteiger partial charge in [-0.2, -0.15) is 13.2 Å². The molecule has 0 aliphatic carbocycles. The Balaban J connectivity index is 1.70. The average Bonchev–Trinajstić information content (AvgIpc) is 3.17. The quantitative estimate of drug-likeness (QED) is 0.757. The summed E-state index contributed by atoms with van der Waals surface area (Å²) >= 11 is 0. The van der Waals surface area contributed by atoms with E-state index < -0.39 is 17.5 Å². The normalized spacial score (nSPS) is 19.5. The van der Waals surface area contributed by atoms with Gasteiger partial charge in [0.25, 0.3) is 5.91 Å². The van der Waals surface area contributed by atoms with Crippen molar-refractivity contribution in [1.29, 1.82) is 0 Å².